The van der Waals surface area contributed by atoms with Gasteiger partial charge in [-0.1, -0.05) is 0 Å². The maximum atomic E-state index is 14.5. The highest BCUT2D eigenvalue weighted by Gasteiger charge is 2.40. The Morgan fingerprint density at radius 2 is 0.968 bits per heavy atom. The molecule has 1 aliphatic rings. The summed E-state index contributed by atoms with van der Waals surface area (Å²) >= 11 is 0. The summed E-state index contributed by atoms with van der Waals surface area (Å²) in [6.45, 7) is -1.95. The lowest BCUT2D eigenvalue weighted by molar-refractivity contribution is -0.143. The van der Waals surface area contributed by atoms with Gasteiger partial charge in [-0.15, -0.1) is 0 Å². The topological polar surface area (TPSA) is 57.7 Å². The van der Waals surface area contributed by atoms with Crippen molar-refractivity contribution >= 4 is 17.8 Å². The van der Waals surface area contributed by atoms with Gasteiger partial charge < -0.3 is 0 Å². The van der Waals surface area contributed by atoms with E-state index in [4.69, 9.17) is 0 Å². The molecule has 2 aromatic carbocycles. The lowest BCUT2D eigenvalue weighted by Crippen LogP contribution is -2.56. The van der Waals surface area contributed by atoms with E-state index in [1.807, 2.05) is 0 Å². The number of hydrogen-bond donors (Lipinski definition) is 0. The smallest absolute Gasteiger partial charge is 0.274 e. The van der Waals surface area contributed by atoms with Crippen LogP contribution in [-0.4, -0.2) is 40.7 Å². The second-order valence-corrected chi connectivity index (χ2v) is 6.81. The van der Waals surface area contributed by atoms with Gasteiger partial charge >= 0.3 is 6.03 Å². The predicted molar refractivity (Wildman–Crippen MR) is 93.9 cm³/mol. The van der Waals surface area contributed by atoms with Crippen molar-refractivity contribution in [3.8, 4) is 0 Å². The number of benzene rings is 2. The van der Waals surface area contributed by atoms with Gasteiger partial charge in [-0.3, -0.25) is 19.4 Å². The minimum atomic E-state index is -2.19. The molecule has 3 rings (SSSR count). The molecule has 0 unspecified atom stereocenters. The third-order valence-corrected chi connectivity index (χ3v) is 4.55. The number of carbonyl (C=O) groups is 3. The molecule has 1 heterocycles. The number of amides is 4. The molecule has 0 radical (unpaired) electrons. The Morgan fingerprint density at radius 3 is 1.29 bits per heavy atom. The third kappa shape index (κ3) is 5.04. The highest BCUT2D eigenvalue weighted by Crippen LogP contribution is 2.26. The first-order valence-electron chi connectivity index (χ1n) is 8.90. The molecule has 1 saturated heterocycles. The Kier molecular flexibility index (Phi) is 6.32. The van der Waals surface area contributed by atoms with Crippen LogP contribution in [0.3, 0.4) is 0 Å². The molecule has 5 nitrogen and oxygen atoms in total. The van der Waals surface area contributed by atoms with Gasteiger partial charge in [0.1, 0.15) is 42.0 Å². The summed E-state index contributed by atoms with van der Waals surface area (Å²) in [5.41, 5.74) is -0.972. The first kappa shape index (κ1) is 22.3. The van der Waals surface area contributed by atoms with Gasteiger partial charge in [-0.25, -0.2) is 31.1 Å². The second-order valence-electron chi connectivity index (χ2n) is 6.81. The van der Waals surface area contributed by atoms with E-state index in [2.05, 4.69) is 0 Å². The Balaban J connectivity index is 1.77. The van der Waals surface area contributed by atoms with E-state index in [9.17, 15) is 40.7 Å². The predicted octanol–water partition coefficient (Wildman–Crippen LogP) is 4.15. The molecule has 11 heteroatoms. The van der Waals surface area contributed by atoms with Crippen molar-refractivity contribution in [3.63, 3.8) is 0 Å². The average Bonchev–Trinajstić information content (AvgIpc) is 2.66. The molecule has 1 fully saturated rings. The van der Waals surface area contributed by atoms with Crippen LogP contribution in [-0.2, 0) is 9.59 Å². The number of carbonyl (C=O) groups excluding carboxylic acids is 3. The zero-order valence-corrected chi connectivity index (χ0v) is 15.6. The molecule has 0 aromatic heterocycles. The van der Waals surface area contributed by atoms with Crippen LogP contribution in [0.2, 0.25) is 0 Å². The fraction of sp³-hybridized carbons (Fsp3) is 0.250. The molecule has 0 spiro atoms. The lowest BCUT2D eigenvalue weighted by atomic mass is 10.1. The summed E-state index contributed by atoms with van der Waals surface area (Å²) in [6.07, 6.45) is -5.27. The minimum absolute atomic E-state index is 0.313. The van der Waals surface area contributed by atoms with E-state index in [1.54, 1.807) is 0 Å². The summed E-state index contributed by atoms with van der Waals surface area (Å²) < 4.78 is 82.2. The first-order valence-corrected chi connectivity index (χ1v) is 8.90. The van der Waals surface area contributed by atoms with Gasteiger partial charge in [0.15, 0.2) is 0 Å². The number of urea groups is 1. The zero-order valence-electron chi connectivity index (χ0n) is 15.6. The number of hydrogen-bond acceptors (Lipinski definition) is 3. The van der Waals surface area contributed by atoms with Crippen molar-refractivity contribution in [2.75, 3.05) is 13.1 Å². The molecule has 2 atom stereocenters. The van der Waals surface area contributed by atoms with Gasteiger partial charge in [0.2, 0.25) is 11.8 Å². The van der Waals surface area contributed by atoms with E-state index >= 15 is 0 Å². The maximum Gasteiger partial charge on any atom is 0.333 e. The maximum absolute atomic E-state index is 14.5. The van der Waals surface area contributed by atoms with E-state index in [0.717, 1.165) is 0 Å². The Bertz CT molecular complexity index is 928. The number of imide groups is 2. The Morgan fingerprint density at radius 1 is 0.645 bits per heavy atom. The fourth-order valence-electron chi connectivity index (χ4n) is 3.08. The van der Waals surface area contributed by atoms with Gasteiger partial charge in [0.25, 0.3) is 0 Å². The largest absolute Gasteiger partial charge is 0.333 e. The molecule has 0 bridgehead atoms. The Hall–Kier alpha value is -3.37. The molecule has 164 valence electrons. The summed E-state index contributed by atoms with van der Waals surface area (Å²) in [4.78, 5) is 37.3. The summed E-state index contributed by atoms with van der Waals surface area (Å²) in [5, 5.41) is 0. The van der Waals surface area contributed by atoms with Crippen molar-refractivity contribution in [3.05, 3.63) is 70.8 Å². The van der Waals surface area contributed by atoms with Crippen LogP contribution in [0.5, 0.6) is 0 Å². The van der Waals surface area contributed by atoms with Crippen molar-refractivity contribution in [2.24, 2.45) is 0 Å². The third-order valence-electron chi connectivity index (χ3n) is 4.55. The molecule has 0 N–H and O–H groups in total. The molecule has 0 aliphatic carbocycles. The van der Waals surface area contributed by atoms with Crippen molar-refractivity contribution in [1.82, 2.24) is 9.80 Å². The zero-order chi connectivity index (χ0) is 22.9. The van der Waals surface area contributed by atoms with Crippen LogP contribution in [0.4, 0.5) is 31.1 Å². The van der Waals surface area contributed by atoms with Gasteiger partial charge in [0.05, 0.1) is 13.1 Å². The highest BCUT2D eigenvalue weighted by atomic mass is 19.2. The van der Waals surface area contributed by atoms with E-state index < -0.39 is 84.1 Å². The molecule has 4 amide bonds. The number of halogens is 6. The van der Waals surface area contributed by atoms with Crippen LogP contribution in [0.15, 0.2) is 36.4 Å². The fourth-order valence-corrected chi connectivity index (χ4v) is 3.08. The Labute approximate surface area is 171 Å². The van der Waals surface area contributed by atoms with Gasteiger partial charge in [-0.2, -0.15) is 0 Å². The van der Waals surface area contributed by atoms with Crippen molar-refractivity contribution in [2.45, 2.75) is 18.8 Å². The second kappa shape index (κ2) is 8.78. The monoisotopic (exact) mass is 444 g/mol. The van der Waals surface area contributed by atoms with Crippen LogP contribution in [0.1, 0.15) is 29.9 Å². The quantitative estimate of drug-likeness (QED) is 0.497. The number of rotatable bonds is 6. The molecule has 0 saturated carbocycles. The first-order chi connectivity index (χ1) is 14.5. The van der Waals surface area contributed by atoms with Crippen LogP contribution < -0.4 is 0 Å². The molecule has 2 aromatic rings. The van der Waals surface area contributed by atoms with Gasteiger partial charge in [-0.05, 0) is 35.4 Å². The number of alkyl halides is 2. The average molecular weight is 444 g/mol. The van der Waals surface area contributed by atoms with Crippen LogP contribution in [0.25, 0.3) is 0 Å². The summed E-state index contributed by atoms with van der Waals surface area (Å²) in [7, 11) is 0. The van der Waals surface area contributed by atoms with Gasteiger partial charge in [0, 0.05) is 12.1 Å². The van der Waals surface area contributed by atoms with Crippen molar-refractivity contribution < 1.29 is 40.7 Å². The molecule has 31 heavy (non-hydrogen) atoms. The normalized spacial score (nSPS) is 16.6. The lowest BCUT2D eigenvalue weighted by Gasteiger charge is -2.34. The standard InChI is InChI=1S/C20H14F6N2O3/c21-12-1-10(2-13(22)5-12)16(25)8-27-18(29)7-19(30)28(20(27)31)9-17(26)11-3-14(23)6-15(24)4-11/h1-6,16-17H,7-9H2/t16-,17-/m0/s1. The van der Waals surface area contributed by atoms with Crippen LogP contribution >= 0.6 is 0 Å². The molecular formula is C20H14F6N2O3. The van der Waals surface area contributed by atoms with Crippen molar-refractivity contribution in [1.29, 1.82) is 0 Å². The number of barbiturate groups is 1. The highest BCUT2D eigenvalue weighted by molar-refractivity contribution is 6.14. The summed E-state index contributed by atoms with van der Waals surface area (Å²) in [6, 6.07) is 2.34. The molecular weight excluding hydrogens is 430 g/mol. The van der Waals surface area contributed by atoms with E-state index in [0.29, 0.717) is 46.2 Å². The summed E-state index contributed by atoms with van der Waals surface area (Å²) in [5.74, 6) is -6.47. The minimum Gasteiger partial charge on any atom is -0.274 e. The van der Waals surface area contributed by atoms with E-state index in [1.165, 1.54) is 0 Å². The van der Waals surface area contributed by atoms with E-state index in [-0.39, 0.29) is 0 Å². The van der Waals surface area contributed by atoms with Crippen LogP contribution in [0, 0.1) is 23.3 Å². The SMILES string of the molecule is O=C1CC(=O)N(C[C@H](F)c2cc(F)cc(F)c2)C(=O)N1C[C@H](F)c1cc(F)cc(F)c1. The number of nitrogens with zero attached hydrogens (tertiary/aromatic N) is 2. The molecule has 1 aliphatic heterocycles.